The molecule has 2 N–H and O–H groups in total. The van der Waals surface area contributed by atoms with Gasteiger partial charge in [0.05, 0.1) is 11.8 Å². The van der Waals surface area contributed by atoms with Gasteiger partial charge in [-0.3, -0.25) is 10.1 Å². The molecular weight excluding hydrogens is 462 g/mol. The van der Waals surface area contributed by atoms with E-state index in [1.54, 1.807) is 36.4 Å². The Kier molecular flexibility index (Phi) is 6.63. The van der Waals surface area contributed by atoms with E-state index in [0.717, 1.165) is 11.1 Å². The SMILES string of the molecule is CCc1nc(C(NC)Oc2cc3c(cc2-c2nn[nH]n2)CCN(C(=O)/C=C/c2ccco2)C3)c(C)o1. The van der Waals surface area contributed by atoms with E-state index in [0.29, 0.717) is 66.2 Å². The van der Waals surface area contributed by atoms with Crippen LogP contribution in [0, 0.1) is 6.92 Å². The van der Waals surface area contributed by atoms with Crippen LogP contribution in [-0.4, -0.2) is 50.0 Å². The van der Waals surface area contributed by atoms with Gasteiger partial charge in [0, 0.05) is 25.6 Å². The molecule has 186 valence electrons. The third-order valence-corrected chi connectivity index (χ3v) is 6.08. The van der Waals surface area contributed by atoms with E-state index in [2.05, 4.69) is 30.9 Å². The number of fused-ring (bicyclic) bond motifs is 1. The number of nitrogens with zero attached hydrogens (tertiary/aromatic N) is 5. The Hall–Kier alpha value is -4.25. The number of carbonyl (C=O) groups is 1. The number of furan rings is 1. The van der Waals surface area contributed by atoms with Gasteiger partial charge in [-0.1, -0.05) is 6.92 Å². The monoisotopic (exact) mass is 489 g/mol. The third-order valence-electron chi connectivity index (χ3n) is 6.08. The molecule has 36 heavy (non-hydrogen) atoms. The molecule has 4 heterocycles. The molecule has 11 heteroatoms. The molecule has 0 saturated heterocycles. The fraction of sp³-hybridized carbons (Fsp3) is 0.320. The number of nitrogens with one attached hydrogen (secondary N) is 2. The number of carbonyl (C=O) groups excluding carboxylic acids is 1. The molecule has 5 rings (SSSR count). The highest BCUT2D eigenvalue weighted by Gasteiger charge is 2.26. The first-order chi connectivity index (χ1) is 17.6. The molecule has 3 aromatic heterocycles. The van der Waals surface area contributed by atoms with Crippen molar-refractivity contribution in [1.29, 1.82) is 0 Å². The highest BCUT2D eigenvalue weighted by molar-refractivity contribution is 5.91. The molecule has 0 fully saturated rings. The molecule has 1 aliphatic rings. The third kappa shape index (κ3) is 4.78. The van der Waals surface area contributed by atoms with E-state index in [9.17, 15) is 4.79 Å². The van der Waals surface area contributed by atoms with Gasteiger partial charge in [0.25, 0.3) is 0 Å². The summed E-state index contributed by atoms with van der Waals surface area (Å²) in [7, 11) is 1.79. The number of oxazole rings is 1. The Balaban J connectivity index is 1.44. The molecule has 4 aromatic rings. The number of ether oxygens (including phenoxy) is 1. The van der Waals surface area contributed by atoms with E-state index in [1.807, 2.05) is 26.0 Å². The second-order valence-electron chi connectivity index (χ2n) is 8.40. The lowest BCUT2D eigenvalue weighted by Crippen LogP contribution is -2.35. The van der Waals surface area contributed by atoms with Crippen LogP contribution in [0.25, 0.3) is 17.5 Å². The maximum Gasteiger partial charge on any atom is 0.246 e. The van der Waals surface area contributed by atoms with Crippen molar-refractivity contribution >= 4 is 12.0 Å². The number of tetrazole rings is 1. The maximum absolute atomic E-state index is 12.8. The number of H-pyrrole nitrogens is 1. The minimum absolute atomic E-state index is 0.0832. The molecule has 1 aliphatic heterocycles. The predicted molar refractivity (Wildman–Crippen MR) is 130 cm³/mol. The van der Waals surface area contributed by atoms with E-state index in [1.165, 1.54) is 6.08 Å². The summed E-state index contributed by atoms with van der Waals surface area (Å²) in [5, 5.41) is 17.7. The van der Waals surface area contributed by atoms with Crippen molar-refractivity contribution in [2.45, 2.75) is 39.5 Å². The van der Waals surface area contributed by atoms with Gasteiger partial charge in [-0.2, -0.15) is 5.21 Å². The summed E-state index contributed by atoms with van der Waals surface area (Å²) in [6.07, 6.45) is 5.60. The van der Waals surface area contributed by atoms with Gasteiger partial charge in [-0.15, -0.1) is 10.2 Å². The molecule has 1 atom stereocenters. The van der Waals surface area contributed by atoms with Gasteiger partial charge in [0.1, 0.15) is 23.0 Å². The molecule has 0 spiro atoms. The van der Waals surface area contributed by atoms with Gasteiger partial charge >= 0.3 is 0 Å². The van der Waals surface area contributed by atoms with E-state index in [-0.39, 0.29) is 5.91 Å². The molecule has 0 aliphatic carbocycles. The van der Waals surface area contributed by atoms with Crippen LogP contribution in [0.1, 0.15) is 47.4 Å². The molecule has 1 unspecified atom stereocenters. The Morgan fingerprint density at radius 2 is 2.25 bits per heavy atom. The van der Waals surface area contributed by atoms with Gasteiger partial charge in [-0.05, 0) is 67.1 Å². The molecule has 0 radical (unpaired) electrons. The number of aryl methyl sites for hydroxylation is 2. The number of aromatic amines is 1. The lowest BCUT2D eigenvalue weighted by molar-refractivity contribution is -0.126. The van der Waals surface area contributed by atoms with Crippen LogP contribution in [0.4, 0.5) is 0 Å². The summed E-state index contributed by atoms with van der Waals surface area (Å²) in [6, 6.07) is 7.54. The fourth-order valence-corrected chi connectivity index (χ4v) is 4.21. The zero-order valence-electron chi connectivity index (χ0n) is 20.3. The van der Waals surface area contributed by atoms with E-state index >= 15 is 0 Å². The van der Waals surface area contributed by atoms with Crippen LogP contribution in [0.5, 0.6) is 5.75 Å². The maximum atomic E-state index is 12.8. The first-order valence-electron chi connectivity index (χ1n) is 11.8. The van der Waals surface area contributed by atoms with Crippen LogP contribution in [0.2, 0.25) is 0 Å². The quantitative estimate of drug-likeness (QED) is 0.282. The number of aromatic nitrogens is 5. The zero-order valence-corrected chi connectivity index (χ0v) is 20.3. The zero-order chi connectivity index (χ0) is 25.1. The van der Waals surface area contributed by atoms with Crippen LogP contribution in [0.3, 0.4) is 0 Å². The van der Waals surface area contributed by atoms with Crippen molar-refractivity contribution in [3.05, 3.63) is 70.8 Å². The highest BCUT2D eigenvalue weighted by atomic mass is 16.5. The van der Waals surface area contributed by atoms with Gasteiger partial charge in [-0.25, -0.2) is 4.98 Å². The minimum Gasteiger partial charge on any atom is -0.469 e. The van der Waals surface area contributed by atoms with Crippen LogP contribution < -0.4 is 10.1 Å². The van der Waals surface area contributed by atoms with Crippen LogP contribution in [-0.2, 0) is 24.2 Å². The predicted octanol–water partition coefficient (Wildman–Crippen LogP) is 3.21. The topological polar surface area (TPSA) is 135 Å². The highest BCUT2D eigenvalue weighted by Crippen LogP contribution is 2.36. The Morgan fingerprint density at radius 3 is 2.94 bits per heavy atom. The summed E-state index contributed by atoms with van der Waals surface area (Å²) < 4.78 is 17.4. The lowest BCUT2D eigenvalue weighted by Gasteiger charge is -2.29. The molecule has 1 aromatic carbocycles. The lowest BCUT2D eigenvalue weighted by atomic mass is 9.96. The Bertz CT molecular complexity index is 1360. The average molecular weight is 490 g/mol. The first kappa shape index (κ1) is 23.5. The second-order valence-corrected chi connectivity index (χ2v) is 8.40. The van der Waals surface area contributed by atoms with Crippen molar-refractivity contribution in [3.63, 3.8) is 0 Å². The molecular formula is C25H27N7O4. The first-order valence-corrected chi connectivity index (χ1v) is 11.8. The normalized spacial score (nSPS) is 14.2. The number of hydrogen-bond donors (Lipinski definition) is 2. The average Bonchev–Trinajstić information content (AvgIpc) is 3.67. The summed E-state index contributed by atoms with van der Waals surface area (Å²) in [6.45, 7) is 4.89. The smallest absolute Gasteiger partial charge is 0.246 e. The van der Waals surface area contributed by atoms with Crippen molar-refractivity contribution in [1.82, 2.24) is 35.8 Å². The number of rotatable bonds is 8. The summed E-state index contributed by atoms with van der Waals surface area (Å²) >= 11 is 0. The van der Waals surface area contributed by atoms with Crippen molar-refractivity contribution < 1.29 is 18.4 Å². The van der Waals surface area contributed by atoms with Crippen molar-refractivity contribution in [2.75, 3.05) is 13.6 Å². The largest absolute Gasteiger partial charge is 0.469 e. The van der Waals surface area contributed by atoms with Gasteiger partial charge in [0.2, 0.25) is 11.7 Å². The second kappa shape index (κ2) is 10.2. The standard InChI is InChI=1S/C25H27N7O4/c1-4-21-27-23(15(2)35-21)25(26-3)36-20-13-17-14-32(22(33)8-7-18-6-5-11-34-18)10-9-16(17)12-19(20)24-28-30-31-29-24/h5-8,11-13,25-26H,4,9-10,14H2,1-3H3,(H,28,29,30,31)/b8-7+. The molecule has 11 nitrogen and oxygen atoms in total. The summed E-state index contributed by atoms with van der Waals surface area (Å²) in [5.74, 6) is 2.86. The van der Waals surface area contributed by atoms with E-state index in [4.69, 9.17) is 13.6 Å². The van der Waals surface area contributed by atoms with Crippen LogP contribution >= 0.6 is 0 Å². The Morgan fingerprint density at radius 1 is 1.36 bits per heavy atom. The van der Waals surface area contributed by atoms with Crippen molar-refractivity contribution in [3.8, 4) is 17.1 Å². The fourth-order valence-electron chi connectivity index (χ4n) is 4.21. The van der Waals surface area contributed by atoms with Crippen LogP contribution in [0.15, 0.2) is 45.4 Å². The van der Waals surface area contributed by atoms with Gasteiger partial charge < -0.3 is 18.5 Å². The molecule has 0 bridgehead atoms. The summed E-state index contributed by atoms with van der Waals surface area (Å²) in [5.41, 5.74) is 3.47. The van der Waals surface area contributed by atoms with E-state index < -0.39 is 6.23 Å². The molecule has 0 saturated carbocycles. The Labute approximate surface area is 207 Å². The molecule has 1 amide bonds. The minimum atomic E-state index is -0.560. The number of hydrogen-bond acceptors (Lipinski definition) is 9. The number of benzene rings is 1. The van der Waals surface area contributed by atoms with Crippen molar-refractivity contribution in [2.24, 2.45) is 0 Å². The summed E-state index contributed by atoms with van der Waals surface area (Å²) in [4.78, 5) is 19.2. The number of amides is 1. The van der Waals surface area contributed by atoms with Gasteiger partial charge in [0.15, 0.2) is 12.1 Å².